The molecule has 2 aliphatic heterocycles. The summed E-state index contributed by atoms with van der Waals surface area (Å²) in [6, 6.07) is 11.6. The highest BCUT2D eigenvalue weighted by Gasteiger charge is 2.35. The molecule has 172 valence electrons. The molecule has 34 heavy (non-hydrogen) atoms. The number of methoxy groups -OCH3 is 1. The molecule has 1 amide bonds. The first kappa shape index (κ1) is 21.8. The minimum atomic E-state index is -0.527. The normalized spacial score (nSPS) is 17.1. The van der Waals surface area contributed by atoms with Crippen LogP contribution in [0.5, 0.6) is 5.75 Å². The van der Waals surface area contributed by atoms with Gasteiger partial charge in [-0.15, -0.1) is 0 Å². The topological polar surface area (TPSA) is 108 Å². The number of nitrogens with two attached hydrogens (primary N) is 1. The predicted octanol–water partition coefficient (Wildman–Crippen LogP) is 3.17. The molecule has 0 aliphatic carbocycles. The number of amides is 1. The number of aryl methyl sites for hydroxylation is 1. The molecule has 3 heterocycles. The summed E-state index contributed by atoms with van der Waals surface area (Å²) in [6.07, 6.45) is 0.853. The standard InChI is InChI=1S/C25H23FN6O2/c1-14-10-21(30-25(29-14)31-9-8-16(28)12-31)32-13-18-17(24(32)33)7-6-15(11-27)22(18)23-19(26)4-3-5-20(23)34-2/h3-7,10,16H,8-9,12-13,28H2,1-2H3/t16-/m1/s1. The van der Waals surface area contributed by atoms with E-state index in [1.165, 1.54) is 18.1 Å². The van der Waals surface area contributed by atoms with Crippen molar-refractivity contribution in [2.45, 2.75) is 25.9 Å². The van der Waals surface area contributed by atoms with Gasteiger partial charge in [-0.25, -0.2) is 9.37 Å². The number of halogens is 1. The highest BCUT2D eigenvalue weighted by Crippen LogP contribution is 2.42. The summed E-state index contributed by atoms with van der Waals surface area (Å²) in [5, 5.41) is 9.78. The Hall–Kier alpha value is -4.03. The largest absolute Gasteiger partial charge is 0.496 e. The molecular formula is C25H23FN6O2. The zero-order valence-corrected chi connectivity index (χ0v) is 18.9. The Balaban J connectivity index is 1.61. The monoisotopic (exact) mass is 458 g/mol. The molecule has 5 rings (SSSR count). The Labute approximate surface area is 196 Å². The second kappa shape index (κ2) is 8.39. The van der Waals surface area contributed by atoms with Gasteiger partial charge < -0.3 is 15.4 Å². The highest BCUT2D eigenvalue weighted by molar-refractivity contribution is 6.11. The summed E-state index contributed by atoms with van der Waals surface area (Å²) >= 11 is 0. The van der Waals surface area contributed by atoms with Gasteiger partial charge in [0.25, 0.3) is 5.91 Å². The average Bonchev–Trinajstić information content (AvgIpc) is 3.41. The molecule has 0 radical (unpaired) electrons. The lowest BCUT2D eigenvalue weighted by atomic mass is 9.91. The first-order valence-electron chi connectivity index (χ1n) is 11.0. The number of rotatable bonds is 4. The fraction of sp³-hybridized carbons (Fsp3) is 0.280. The van der Waals surface area contributed by atoms with Gasteiger partial charge in [0.15, 0.2) is 0 Å². The van der Waals surface area contributed by atoms with Gasteiger partial charge in [-0.2, -0.15) is 10.2 Å². The number of benzene rings is 2. The molecule has 9 heteroatoms. The quantitative estimate of drug-likeness (QED) is 0.640. The van der Waals surface area contributed by atoms with E-state index in [0.717, 1.165) is 18.7 Å². The molecule has 8 nitrogen and oxygen atoms in total. The summed E-state index contributed by atoms with van der Waals surface area (Å²) in [5.74, 6) is 0.481. The predicted molar refractivity (Wildman–Crippen MR) is 125 cm³/mol. The minimum absolute atomic E-state index is 0.0629. The maximum Gasteiger partial charge on any atom is 0.260 e. The molecule has 0 unspecified atom stereocenters. The summed E-state index contributed by atoms with van der Waals surface area (Å²) in [6.45, 7) is 3.40. The van der Waals surface area contributed by atoms with E-state index in [2.05, 4.69) is 16.0 Å². The van der Waals surface area contributed by atoms with Crippen molar-refractivity contribution in [3.63, 3.8) is 0 Å². The van der Waals surface area contributed by atoms with Crippen molar-refractivity contribution in [3.05, 3.63) is 64.6 Å². The van der Waals surface area contributed by atoms with Crippen LogP contribution in [0, 0.1) is 24.1 Å². The number of nitriles is 1. The van der Waals surface area contributed by atoms with Gasteiger partial charge >= 0.3 is 0 Å². The highest BCUT2D eigenvalue weighted by atomic mass is 19.1. The van der Waals surface area contributed by atoms with E-state index >= 15 is 4.39 Å². The van der Waals surface area contributed by atoms with Crippen molar-refractivity contribution in [2.75, 3.05) is 30.0 Å². The first-order valence-corrected chi connectivity index (χ1v) is 11.0. The van der Waals surface area contributed by atoms with Gasteiger partial charge in [-0.05, 0) is 43.2 Å². The molecule has 0 bridgehead atoms. The summed E-state index contributed by atoms with van der Waals surface area (Å²) < 4.78 is 20.4. The lowest BCUT2D eigenvalue weighted by molar-refractivity contribution is 0.0996. The third-order valence-electron chi connectivity index (χ3n) is 6.28. The molecular weight excluding hydrogens is 435 g/mol. The molecule has 1 atom stereocenters. The van der Waals surface area contributed by atoms with Crippen molar-refractivity contribution in [2.24, 2.45) is 5.73 Å². The smallest absolute Gasteiger partial charge is 0.260 e. The van der Waals surface area contributed by atoms with E-state index in [1.807, 2.05) is 11.8 Å². The van der Waals surface area contributed by atoms with Gasteiger partial charge in [-0.1, -0.05) is 6.07 Å². The van der Waals surface area contributed by atoms with E-state index in [-0.39, 0.29) is 29.6 Å². The zero-order valence-electron chi connectivity index (χ0n) is 18.9. The van der Waals surface area contributed by atoms with Crippen LogP contribution in [-0.2, 0) is 6.54 Å². The second-order valence-electron chi connectivity index (χ2n) is 8.50. The third-order valence-corrected chi connectivity index (χ3v) is 6.28. The molecule has 0 saturated carbocycles. The SMILES string of the molecule is COc1cccc(F)c1-c1c(C#N)ccc2c1CN(c1cc(C)nc(N3CC[C@@H](N)C3)n1)C2=O. The van der Waals surface area contributed by atoms with Crippen LogP contribution in [0.3, 0.4) is 0 Å². The lowest BCUT2D eigenvalue weighted by Gasteiger charge is -2.20. The number of hydrogen-bond acceptors (Lipinski definition) is 7. The van der Waals surface area contributed by atoms with Crippen LogP contribution in [0.4, 0.5) is 16.2 Å². The molecule has 3 aromatic rings. The Morgan fingerprint density at radius 3 is 2.76 bits per heavy atom. The van der Waals surface area contributed by atoms with Crippen LogP contribution in [0.2, 0.25) is 0 Å². The molecule has 2 aromatic carbocycles. The number of carbonyl (C=O) groups excluding carboxylic acids is 1. The fourth-order valence-electron chi connectivity index (χ4n) is 4.65. The maximum atomic E-state index is 15.0. The van der Waals surface area contributed by atoms with Crippen LogP contribution in [0.1, 0.15) is 33.6 Å². The van der Waals surface area contributed by atoms with Crippen LogP contribution in [0.15, 0.2) is 36.4 Å². The van der Waals surface area contributed by atoms with Crippen LogP contribution in [-0.4, -0.2) is 42.1 Å². The number of ether oxygens (including phenoxy) is 1. The first-order chi connectivity index (χ1) is 16.4. The van der Waals surface area contributed by atoms with Crippen molar-refractivity contribution in [3.8, 4) is 22.9 Å². The van der Waals surface area contributed by atoms with E-state index < -0.39 is 5.82 Å². The molecule has 2 N–H and O–H groups in total. The summed E-state index contributed by atoms with van der Waals surface area (Å²) in [7, 11) is 1.44. The number of hydrogen-bond donors (Lipinski definition) is 1. The zero-order chi connectivity index (χ0) is 24.0. The Kier molecular flexibility index (Phi) is 5.38. The van der Waals surface area contributed by atoms with Gasteiger partial charge in [-0.3, -0.25) is 9.69 Å². The Bertz CT molecular complexity index is 1350. The van der Waals surface area contributed by atoms with E-state index in [1.54, 1.807) is 30.3 Å². The number of anilines is 2. The van der Waals surface area contributed by atoms with Crippen LogP contribution >= 0.6 is 0 Å². The molecule has 1 saturated heterocycles. The van der Waals surface area contributed by atoms with Crippen LogP contribution in [0.25, 0.3) is 11.1 Å². The van der Waals surface area contributed by atoms with Crippen molar-refractivity contribution in [1.29, 1.82) is 5.26 Å². The minimum Gasteiger partial charge on any atom is -0.496 e. The lowest BCUT2D eigenvalue weighted by Crippen LogP contribution is -2.29. The molecule has 2 aliphatic rings. The maximum absolute atomic E-state index is 15.0. The average molecular weight is 458 g/mol. The van der Waals surface area contributed by atoms with Crippen LogP contribution < -0.4 is 20.3 Å². The number of aromatic nitrogens is 2. The van der Waals surface area contributed by atoms with Crippen molar-refractivity contribution >= 4 is 17.7 Å². The third kappa shape index (κ3) is 3.53. The second-order valence-corrected chi connectivity index (χ2v) is 8.50. The molecule has 0 spiro atoms. The number of nitrogens with zero attached hydrogens (tertiary/aromatic N) is 5. The fourth-order valence-corrected chi connectivity index (χ4v) is 4.65. The van der Waals surface area contributed by atoms with Crippen molar-refractivity contribution < 1.29 is 13.9 Å². The van der Waals surface area contributed by atoms with Crippen molar-refractivity contribution in [1.82, 2.24) is 9.97 Å². The van der Waals surface area contributed by atoms with Gasteiger partial charge in [0, 0.05) is 42.0 Å². The van der Waals surface area contributed by atoms with E-state index in [4.69, 9.17) is 10.5 Å². The molecule has 1 fully saturated rings. The molecule has 1 aromatic heterocycles. The summed E-state index contributed by atoms with van der Waals surface area (Å²) in [4.78, 5) is 26.2. The number of fused-ring (bicyclic) bond motifs is 1. The number of carbonyl (C=O) groups is 1. The van der Waals surface area contributed by atoms with Gasteiger partial charge in [0.05, 0.1) is 30.9 Å². The van der Waals surface area contributed by atoms with E-state index in [9.17, 15) is 10.1 Å². The van der Waals surface area contributed by atoms with Gasteiger partial charge in [0.2, 0.25) is 5.95 Å². The Morgan fingerprint density at radius 1 is 1.24 bits per heavy atom. The Morgan fingerprint density at radius 2 is 2.06 bits per heavy atom. The summed E-state index contributed by atoms with van der Waals surface area (Å²) in [5.41, 5.74) is 8.53. The van der Waals surface area contributed by atoms with Gasteiger partial charge in [0.1, 0.15) is 17.4 Å². The van der Waals surface area contributed by atoms with E-state index in [0.29, 0.717) is 40.8 Å².